The Labute approximate surface area is 117 Å². The molecule has 1 amide bonds. The average Bonchev–Trinajstić information content (AvgIpc) is 2.39. The third-order valence-corrected chi connectivity index (χ3v) is 2.80. The van der Waals surface area contributed by atoms with Gasteiger partial charge in [0.25, 0.3) is 0 Å². The molecule has 0 saturated heterocycles. The molecule has 1 atom stereocenters. The summed E-state index contributed by atoms with van der Waals surface area (Å²) in [7, 11) is 0. The van der Waals surface area contributed by atoms with Crippen LogP contribution in [-0.2, 0) is 9.59 Å². The largest absolute Gasteiger partial charge is 0.493 e. The fraction of sp³-hybridized carbons (Fsp3) is 0.429. The lowest BCUT2D eigenvalue weighted by Crippen LogP contribution is -2.43. The minimum atomic E-state index is -1.28. The lowest BCUT2D eigenvalue weighted by Gasteiger charge is -2.13. The van der Waals surface area contributed by atoms with Gasteiger partial charge in [0.1, 0.15) is 11.8 Å². The fourth-order valence-corrected chi connectivity index (χ4v) is 1.72. The predicted octanol–water partition coefficient (Wildman–Crippen LogP) is 0.634. The molecular weight excluding hydrogens is 262 g/mol. The van der Waals surface area contributed by atoms with Crippen molar-refractivity contribution in [2.45, 2.75) is 26.3 Å². The molecule has 0 spiro atoms. The van der Waals surface area contributed by atoms with E-state index < -0.39 is 24.5 Å². The Bertz CT molecular complexity index is 466. The maximum atomic E-state index is 11.5. The summed E-state index contributed by atoms with van der Waals surface area (Å²) in [6.45, 7) is 3.33. The summed E-state index contributed by atoms with van der Waals surface area (Å²) in [5.41, 5.74) is 1.95. The molecule has 1 aromatic rings. The second-order valence-electron chi connectivity index (χ2n) is 4.46. The van der Waals surface area contributed by atoms with Crippen LogP contribution in [0.1, 0.15) is 17.5 Å². The molecule has 0 fully saturated rings. The highest BCUT2D eigenvalue weighted by Gasteiger charge is 2.18. The van der Waals surface area contributed by atoms with Gasteiger partial charge in [0.2, 0.25) is 5.91 Å². The quantitative estimate of drug-likeness (QED) is 0.681. The van der Waals surface area contributed by atoms with Crippen molar-refractivity contribution in [3.05, 3.63) is 29.3 Å². The van der Waals surface area contributed by atoms with Gasteiger partial charge in [-0.15, -0.1) is 0 Å². The van der Waals surface area contributed by atoms with Crippen molar-refractivity contribution in [1.82, 2.24) is 5.32 Å². The van der Waals surface area contributed by atoms with Crippen LogP contribution in [0.4, 0.5) is 0 Å². The van der Waals surface area contributed by atoms with Crippen LogP contribution >= 0.6 is 0 Å². The van der Waals surface area contributed by atoms with E-state index in [0.717, 1.165) is 16.9 Å². The molecule has 6 heteroatoms. The van der Waals surface area contributed by atoms with Crippen LogP contribution in [0.5, 0.6) is 5.75 Å². The number of carbonyl (C=O) groups is 2. The zero-order valence-electron chi connectivity index (χ0n) is 11.5. The van der Waals surface area contributed by atoms with Crippen molar-refractivity contribution >= 4 is 11.9 Å². The number of rotatable bonds is 7. The molecule has 0 saturated carbocycles. The molecule has 0 heterocycles. The van der Waals surface area contributed by atoms with Gasteiger partial charge in [-0.25, -0.2) is 4.79 Å². The fourth-order valence-electron chi connectivity index (χ4n) is 1.72. The number of para-hydroxylation sites is 1. The minimum Gasteiger partial charge on any atom is -0.493 e. The summed E-state index contributed by atoms with van der Waals surface area (Å²) in [4.78, 5) is 22.2. The first-order chi connectivity index (χ1) is 9.45. The molecule has 1 aromatic carbocycles. The van der Waals surface area contributed by atoms with Crippen molar-refractivity contribution in [2.24, 2.45) is 0 Å². The molecule has 0 bridgehead atoms. The first-order valence-corrected chi connectivity index (χ1v) is 6.27. The molecule has 0 aliphatic carbocycles. The SMILES string of the molecule is Cc1cccc(C)c1OCCC(=O)N[C@@H](CO)C(=O)O. The highest BCUT2D eigenvalue weighted by molar-refractivity contribution is 5.83. The standard InChI is InChI=1S/C14H19NO5/c1-9-4-3-5-10(2)13(9)20-7-6-12(17)15-11(8-16)14(18)19/h3-5,11,16H,6-8H2,1-2H3,(H,15,17)(H,18,19)/t11-/m0/s1. The number of aliphatic carboxylic acids is 1. The van der Waals surface area contributed by atoms with Crippen molar-refractivity contribution in [3.63, 3.8) is 0 Å². The van der Waals surface area contributed by atoms with Crippen molar-refractivity contribution in [2.75, 3.05) is 13.2 Å². The number of carbonyl (C=O) groups excluding carboxylic acids is 1. The summed E-state index contributed by atoms with van der Waals surface area (Å²) >= 11 is 0. The number of amides is 1. The highest BCUT2D eigenvalue weighted by atomic mass is 16.5. The van der Waals surface area contributed by atoms with E-state index in [9.17, 15) is 9.59 Å². The second-order valence-corrected chi connectivity index (χ2v) is 4.46. The smallest absolute Gasteiger partial charge is 0.328 e. The first kappa shape index (κ1) is 16.0. The summed E-state index contributed by atoms with van der Waals surface area (Å²) in [5.74, 6) is -1.01. The number of hydrogen-bond donors (Lipinski definition) is 3. The maximum absolute atomic E-state index is 11.5. The molecule has 0 unspecified atom stereocenters. The Morgan fingerprint density at radius 2 is 1.90 bits per heavy atom. The topological polar surface area (TPSA) is 95.9 Å². The van der Waals surface area contributed by atoms with Crippen LogP contribution in [0.3, 0.4) is 0 Å². The first-order valence-electron chi connectivity index (χ1n) is 6.27. The van der Waals surface area contributed by atoms with Crippen molar-refractivity contribution in [1.29, 1.82) is 0 Å². The van der Waals surface area contributed by atoms with Gasteiger partial charge in [-0.3, -0.25) is 4.79 Å². The molecule has 0 aromatic heterocycles. The van der Waals surface area contributed by atoms with E-state index in [1.165, 1.54) is 0 Å². The number of benzene rings is 1. The van der Waals surface area contributed by atoms with Crippen LogP contribution in [0, 0.1) is 13.8 Å². The lowest BCUT2D eigenvalue weighted by molar-refractivity contribution is -0.143. The Morgan fingerprint density at radius 1 is 1.30 bits per heavy atom. The summed E-state index contributed by atoms with van der Waals surface area (Å²) in [5, 5.41) is 19.7. The number of aliphatic hydroxyl groups is 1. The van der Waals surface area contributed by atoms with Crippen molar-refractivity contribution < 1.29 is 24.5 Å². The monoisotopic (exact) mass is 281 g/mol. The van der Waals surface area contributed by atoms with E-state index in [-0.39, 0.29) is 13.0 Å². The van der Waals surface area contributed by atoms with Crippen LogP contribution in [-0.4, -0.2) is 41.3 Å². The number of carboxylic acid groups (broad SMARTS) is 1. The molecular formula is C14H19NO5. The van der Waals surface area contributed by atoms with E-state index in [1.54, 1.807) is 0 Å². The Kier molecular flexibility index (Phi) is 5.99. The number of hydrogen-bond acceptors (Lipinski definition) is 4. The van der Waals surface area contributed by atoms with E-state index >= 15 is 0 Å². The Hall–Kier alpha value is -2.08. The van der Waals surface area contributed by atoms with Gasteiger partial charge in [-0.2, -0.15) is 0 Å². The second kappa shape index (κ2) is 7.49. The van der Waals surface area contributed by atoms with Gasteiger partial charge < -0.3 is 20.3 Å². The number of aliphatic hydroxyl groups excluding tert-OH is 1. The Balaban J connectivity index is 2.44. The van der Waals surface area contributed by atoms with Gasteiger partial charge in [-0.05, 0) is 25.0 Å². The van der Waals surface area contributed by atoms with Crippen LogP contribution in [0.15, 0.2) is 18.2 Å². The number of nitrogens with one attached hydrogen (secondary N) is 1. The summed E-state index contributed by atoms with van der Waals surface area (Å²) in [6.07, 6.45) is 0.0254. The van der Waals surface area contributed by atoms with Crippen LogP contribution in [0.25, 0.3) is 0 Å². The van der Waals surface area contributed by atoms with Crippen LogP contribution < -0.4 is 10.1 Å². The molecule has 0 aliphatic rings. The van der Waals surface area contributed by atoms with Crippen molar-refractivity contribution in [3.8, 4) is 5.75 Å². The molecule has 0 aliphatic heterocycles. The van der Waals surface area contributed by atoms with Gasteiger partial charge in [-0.1, -0.05) is 18.2 Å². The minimum absolute atomic E-state index is 0.0254. The molecule has 20 heavy (non-hydrogen) atoms. The third kappa shape index (κ3) is 4.55. The molecule has 6 nitrogen and oxygen atoms in total. The van der Waals surface area contributed by atoms with E-state index in [1.807, 2.05) is 32.0 Å². The molecule has 0 radical (unpaired) electrons. The summed E-state index contributed by atoms with van der Waals surface area (Å²) in [6, 6.07) is 4.47. The van der Waals surface area contributed by atoms with Gasteiger partial charge in [0.05, 0.1) is 19.6 Å². The van der Waals surface area contributed by atoms with Crippen LogP contribution in [0.2, 0.25) is 0 Å². The van der Waals surface area contributed by atoms with Gasteiger partial charge in [0, 0.05) is 0 Å². The molecule has 110 valence electrons. The number of aryl methyl sites for hydroxylation is 2. The molecule has 3 N–H and O–H groups in total. The van der Waals surface area contributed by atoms with E-state index in [2.05, 4.69) is 5.32 Å². The highest BCUT2D eigenvalue weighted by Crippen LogP contribution is 2.22. The predicted molar refractivity (Wildman–Crippen MR) is 72.7 cm³/mol. The maximum Gasteiger partial charge on any atom is 0.328 e. The zero-order valence-corrected chi connectivity index (χ0v) is 11.5. The normalized spacial score (nSPS) is 11.8. The molecule has 1 rings (SSSR count). The van der Waals surface area contributed by atoms with E-state index in [4.69, 9.17) is 14.9 Å². The number of ether oxygens (including phenoxy) is 1. The average molecular weight is 281 g/mol. The lowest BCUT2D eigenvalue weighted by atomic mass is 10.1. The summed E-state index contributed by atoms with van der Waals surface area (Å²) < 4.78 is 5.54. The third-order valence-electron chi connectivity index (χ3n) is 2.80. The van der Waals surface area contributed by atoms with Gasteiger partial charge >= 0.3 is 5.97 Å². The zero-order chi connectivity index (χ0) is 15.1. The van der Waals surface area contributed by atoms with E-state index in [0.29, 0.717) is 0 Å². The van der Waals surface area contributed by atoms with Gasteiger partial charge in [0.15, 0.2) is 0 Å². The number of carboxylic acids is 1. The Morgan fingerprint density at radius 3 is 2.40 bits per heavy atom.